The number of hydrogen-bond acceptors (Lipinski definition) is 2. The van der Waals surface area contributed by atoms with Gasteiger partial charge < -0.3 is 0 Å². The Morgan fingerprint density at radius 3 is 2.56 bits per heavy atom. The predicted molar refractivity (Wildman–Crippen MR) is 60.7 cm³/mol. The Kier molecular flexibility index (Phi) is 4.43. The normalized spacial score (nSPS) is 11.6. The molecule has 1 aromatic rings. The van der Waals surface area contributed by atoms with Gasteiger partial charge in [-0.3, -0.25) is 4.79 Å². The molecule has 0 bridgehead atoms. The third-order valence-corrected chi connectivity index (χ3v) is 3.25. The standard InChI is InChI=1S/C10H8BrF3OS/c1-2-7(15)9-6(11)4-3-5-8(9)16-10(12,13)14/h3-5H,2H2,1H3. The molecule has 0 fully saturated rings. The van der Waals surface area contributed by atoms with Gasteiger partial charge in [0, 0.05) is 21.4 Å². The van der Waals surface area contributed by atoms with Crippen molar-refractivity contribution in [2.24, 2.45) is 0 Å². The molecule has 0 radical (unpaired) electrons. The number of halogens is 4. The van der Waals surface area contributed by atoms with Crippen LogP contribution in [0.3, 0.4) is 0 Å². The van der Waals surface area contributed by atoms with Crippen molar-refractivity contribution in [1.29, 1.82) is 0 Å². The van der Waals surface area contributed by atoms with Crippen molar-refractivity contribution in [3.63, 3.8) is 0 Å². The van der Waals surface area contributed by atoms with Crippen LogP contribution in [0.5, 0.6) is 0 Å². The van der Waals surface area contributed by atoms with Crippen LogP contribution in [-0.4, -0.2) is 11.3 Å². The van der Waals surface area contributed by atoms with E-state index in [0.717, 1.165) is 0 Å². The number of rotatable bonds is 3. The van der Waals surface area contributed by atoms with Crippen LogP contribution in [0.25, 0.3) is 0 Å². The molecule has 6 heteroatoms. The fraction of sp³-hybridized carbons (Fsp3) is 0.300. The Bertz CT molecular complexity index is 404. The maximum absolute atomic E-state index is 12.3. The molecule has 0 saturated heterocycles. The molecule has 0 aliphatic rings. The first-order chi connectivity index (χ1) is 7.35. The second kappa shape index (κ2) is 5.23. The monoisotopic (exact) mass is 312 g/mol. The maximum atomic E-state index is 12.3. The van der Waals surface area contributed by atoms with Crippen LogP contribution >= 0.6 is 27.7 Å². The SMILES string of the molecule is CCC(=O)c1c(Br)cccc1SC(F)(F)F. The van der Waals surface area contributed by atoms with Crippen LogP contribution in [0.4, 0.5) is 13.2 Å². The highest BCUT2D eigenvalue weighted by Gasteiger charge is 2.31. The molecule has 0 unspecified atom stereocenters. The van der Waals surface area contributed by atoms with E-state index in [-0.39, 0.29) is 34.4 Å². The molecule has 0 aromatic heterocycles. The highest BCUT2D eigenvalue weighted by molar-refractivity contribution is 9.10. The number of thioether (sulfide) groups is 1. The van der Waals surface area contributed by atoms with Gasteiger partial charge in [-0.05, 0) is 23.9 Å². The fourth-order valence-electron chi connectivity index (χ4n) is 1.16. The van der Waals surface area contributed by atoms with Crippen LogP contribution < -0.4 is 0 Å². The van der Waals surface area contributed by atoms with Crippen LogP contribution in [0.1, 0.15) is 23.7 Å². The molecule has 1 aromatic carbocycles. The summed E-state index contributed by atoms with van der Waals surface area (Å²) in [7, 11) is 0. The number of Topliss-reactive ketones (excluding diaryl/α,β-unsaturated/α-hetero) is 1. The van der Waals surface area contributed by atoms with E-state index in [0.29, 0.717) is 4.47 Å². The van der Waals surface area contributed by atoms with Crippen molar-refractivity contribution in [3.05, 3.63) is 28.2 Å². The summed E-state index contributed by atoms with van der Waals surface area (Å²) < 4.78 is 37.2. The summed E-state index contributed by atoms with van der Waals surface area (Å²) in [5.41, 5.74) is -4.28. The molecule has 0 N–H and O–H groups in total. The molecule has 0 spiro atoms. The topological polar surface area (TPSA) is 17.1 Å². The van der Waals surface area contributed by atoms with Gasteiger partial charge in [0.05, 0.1) is 0 Å². The Morgan fingerprint density at radius 2 is 2.06 bits per heavy atom. The van der Waals surface area contributed by atoms with E-state index in [1.54, 1.807) is 13.0 Å². The van der Waals surface area contributed by atoms with Gasteiger partial charge in [-0.15, -0.1) is 0 Å². The van der Waals surface area contributed by atoms with E-state index in [2.05, 4.69) is 15.9 Å². The van der Waals surface area contributed by atoms with Crippen molar-refractivity contribution in [3.8, 4) is 0 Å². The molecule has 0 heterocycles. The number of carbonyl (C=O) groups is 1. The molecule has 1 nitrogen and oxygen atoms in total. The summed E-state index contributed by atoms with van der Waals surface area (Å²) in [5.74, 6) is -0.306. The largest absolute Gasteiger partial charge is 0.446 e. The molecule has 0 amide bonds. The zero-order valence-electron chi connectivity index (χ0n) is 8.27. The van der Waals surface area contributed by atoms with Gasteiger partial charge in [0.25, 0.3) is 0 Å². The van der Waals surface area contributed by atoms with Crippen LogP contribution in [0, 0.1) is 0 Å². The second-order valence-electron chi connectivity index (χ2n) is 2.94. The average Bonchev–Trinajstić information content (AvgIpc) is 2.14. The van der Waals surface area contributed by atoms with E-state index >= 15 is 0 Å². The molecule has 0 saturated carbocycles. The van der Waals surface area contributed by atoms with E-state index in [4.69, 9.17) is 0 Å². The van der Waals surface area contributed by atoms with E-state index in [1.807, 2.05) is 0 Å². The first-order valence-corrected chi connectivity index (χ1v) is 6.03. The highest BCUT2D eigenvalue weighted by atomic mass is 79.9. The molecule has 1 rings (SSSR count). The third kappa shape index (κ3) is 3.52. The van der Waals surface area contributed by atoms with Crippen LogP contribution in [0.15, 0.2) is 27.6 Å². The number of benzene rings is 1. The van der Waals surface area contributed by atoms with Gasteiger partial charge in [-0.1, -0.05) is 28.9 Å². The lowest BCUT2D eigenvalue weighted by Gasteiger charge is -2.11. The summed E-state index contributed by atoms with van der Waals surface area (Å²) in [6, 6.07) is 4.33. The van der Waals surface area contributed by atoms with Gasteiger partial charge in [0.1, 0.15) is 0 Å². The second-order valence-corrected chi connectivity index (χ2v) is 4.90. The van der Waals surface area contributed by atoms with E-state index in [9.17, 15) is 18.0 Å². The van der Waals surface area contributed by atoms with Gasteiger partial charge in [-0.25, -0.2) is 0 Å². The lowest BCUT2D eigenvalue weighted by molar-refractivity contribution is -0.0328. The zero-order valence-corrected chi connectivity index (χ0v) is 10.7. The Hall–Kier alpha value is -0.490. The number of alkyl halides is 3. The summed E-state index contributed by atoms with van der Waals surface area (Å²) in [6.07, 6.45) is 0.175. The third-order valence-electron chi connectivity index (χ3n) is 1.80. The van der Waals surface area contributed by atoms with Gasteiger partial charge in [-0.2, -0.15) is 13.2 Å². The molecular formula is C10H8BrF3OS. The summed E-state index contributed by atoms with van der Waals surface area (Å²) in [5, 5.41) is 0. The molecule has 88 valence electrons. The van der Waals surface area contributed by atoms with Crippen molar-refractivity contribution in [1.82, 2.24) is 0 Å². The van der Waals surface area contributed by atoms with E-state index in [1.165, 1.54) is 12.1 Å². The Labute approximate surface area is 104 Å². The lowest BCUT2D eigenvalue weighted by Crippen LogP contribution is -2.05. The van der Waals surface area contributed by atoms with Gasteiger partial charge in [0.2, 0.25) is 0 Å². The smallest absolute Gasteiger partial charge is 0.294 e. The summed E-state index contributed by atoms with van der Waals surface area (Å²) >= 11 is 2.83. The number of ketones is 1. The minimum absolute atomic E-state index is 0.0614. The van der Waals surface area contributed by atoms with Crippen molar-refractivity contribution >= 4 is 33.5 Å². The van der Waals surface area contributed by atoms with Crippen molar-refractivity contribution in [2.45, 2.75) is 23.7 Å². The number of hydrogen-bond donors (Lipinski definition) is 0. The van der Waals surface area contributed by atoms with Gasteiger partial charge in [0.15, 0.2) is 5.78 Å². The first-order valence-electron chi connectivity index (χ1n) is 4.42. The summed E-state index contributed by atoms with van der Waals surface area (Å²) in [6.45, 7) is 1.61. The molecule has 16 heavy (non-hydrogen) atoms. The maximum Gasteiger partial charge on any atom is 0.446 e. The Balaban J connectivity index is 3.18. The fourth-order valence-corrected chi connectivity index (χ4v) is 2.60. The lowest BCUT2D eigenvalue weighted by atomic mass is 10.1. The van der Waals surface area contributed by atoms with Crippen molar-refractivity contribution in [2.75, 3.05) is 0 Å². The highest BCUT2D eigenvalue weighted by Crippen LogP contribution is 2.40. The zero-order chi connectivity index (χ0) is 12.3. The Morgan fingerprint density at radius 1 is 1.44 bits per heavy atom. The minimum atomic E-state index is -4.39. The molecule has 0 atom stereocenters. The average molecular weight is 313 g/mol. The molecular weight excluding hydrogens is 305 g/mol. The molecule has 0 aliphatic carbocycles. The summed E-state index contributed by atoms with van der Waals surface area (Å²) in [4.78, 5) is 11.5. The van der Waals surface area contributed by atoms with Crippen molar-refractivity contribution < 1.29 is 18.0 Å². The quantitative estimate of drug-likeness (QED) is 0.597. The van der Waals surface area contributed by atoms with Gasteiger partial charge >= 0.3 is 5.51 Å². The predicted octanol–water partition coefficient (Wildman–Crippen LogP) is 4.65. The minimum Gasteiger partial charge on any atom is -0.294 e. The van der Waals surface area contributed by atoms with Crippen LogP contribution in [-0.2, 0) is 0 Å². The molecule has 0 aliphatic heterocycles. The van der Waals surface area contributed by atoms with Crippen LogP contribution in [0.2, 0.25) is 0 Å². The first kappa shape index (κ1) is 13.6. The number of carbonyl (C=O) groups excluding carboxylic acids is 1. The van der Waals surface area contributed by atoms with E-state index < -0.39 is 5.51 Å².